The van der Waals surface area contributed by atoms with Crippen LogP contribution in [-0.2, 0) is 13.5 Å². The molecular formula is C22H17ClF3N3O3. The van der Waals surface area contributed by atoms with E-state index in [4.69, 9.17) is 16.0 Å². The number of hydrogen-bond acceptors (Lipinski definition) is 5. The van der Waals surface area contributed by atoms with Gasteiger partial charge in [-0.3, -0.25) is 4.57 Å². The Kier molecular flexibility index (Phi) is 5.79. The number of aliphatic hydroxyl groups is 1. The SMILES string of the molecule is Cn1c(=O)oc2ccc(CC(c3ccc(-c4ccnnc4)cc3Cl)C(O)C(F)(F)F)cc21. The maximum atomic E-state index is 13.5. The predicted octanol–water partition coefficient (Wildman–Crippen LogP) is 4.49. The largest absolute Gasteiger partial charge is 0.419 e. The second kappa shape index (κ2) is 8.40. The van der Waals surface area contributed by atoms with Gasteiger partial charge in [0.2, 0.25) is 0 Å². The van der Waals surface area contributed by atoms with Crippen LogP contribution < -0.4 is 5.76 Å². The highest BCUT2D eigenvalue weighted by atomic mass is 35.5. The Bertz CT molecular complexity index is 1320. The van der Waals surface area contributed by atoms with Gasteiger partial charge in [-0.05, 0) is 47.4 Å². The molecule has 0 spiro atoms. The Balaban J connectivity index is 1.75. The zero-order valence-electron chi connectivity index (χ0n) is 16.7. The number of hydrogen-bond donors (Lipinski definition) is 1. The normalized spacial score (nSPS) is 13.9. The van der Waals surface area contributed by atoms with Crippen LogP contribution in [0.4, 0.5) is 13.2 Å². The van der Waals surface area contributed by atoms with E-state index in [1.807, 2.05) is 0 Å². The maximum absolute atomic E-state index is 13.5. The third kappa shape index (κ3) is 4.26. The lowest BCUT2D eigenvalue weighted by Gasteiger charge is -2.26. The molecule has 4 aromatic rings. The Labute approximate surface area is 184 Å². The van der Waals surface area contributed by atoms with Gasteiger partial charge in [-0.2, -0.15) is 23.4 Å². The number of benzene rings is 2. The van der Waals surface area contributed by atoms with Crippen molar-refractivity contribution in [1.82, 2.24) is 14.8 Å². The Hall–Kier alpha value is -3.17. The molecule has 6 nitrogen and oxygen atoms in total. The van der Waals surface area contributed by atoms with Crippen molar-refractivity contribution in [2.45, 2.75) is 24.6 Å². The highest BCUT2D eigenvalue weighted by Crippen LogP contribution is 2.39. The molecule has 0 saturated carbocycles. The molecule has 0 fully saturated rings. The number of aromatic nitrogens is 3. The van der Waals surface area contributed by atoms with E-state index in [1.165, 1.54) is 42.2 Å². The summed E-state index contributed by atoms with van der Waals surface area (Å²) < 4.78 is 46.9. The van der Waals surface area contributed by atoms with Crippen LogP contribution in [0.5, 0.6) is 0 Å². The Morgan fingerprint density at radius 3 is 2.56 bits per heavy atom. The highest BCUT2D eigenvalue weighted by molar-refractivity contribution is 6.31. The van der Waals surface area contributed by atoms with Crippen molar-refractivity contribution in [3.63, 3.8) is 0 Å². The summed E-state index contributed by atoms with van der Waals surface area (Å²) in [5.74, 6) is -1.94. The molecule has 2 atom stereocenters. The van der Waals surface area contributed by atoms with Crippen molar-refractivity contribution in [2.24, 2.45) is 7.05 Å². The minimum atomic E-state index is -4.85. The third-order valence-corrected chi connectivity index (χ3v) is 5.67. The second-order valence-electron chi connectivity index (χ2n) is 7.39. The lowest BCUT2D eigenvalue weighted by atomic mass is 9.86. The summed E-state index contributed by atoms with van der Waals surface area (Å²) in [5, 5.41) is 17.7. The highest BCUT2D eigenvalue weighted by Gasteiger charge is 2.44. The summed E-state index contributed by atoms with van der Waals surface area (Å²) in [6.45, 7) is 0. The van der Waals surface area contributed by atoms with Gasteiger partial charge in [-0.15, -0.1) is 0 Å². The smallest absolute Gasteiger partial charge is 0.408 e. The van der Waals surface area contributed by atoms with Gasteiger partial charge in [-0.1, -0.05) is 29.8 Å². The molecule has 2 aromatic carbocycles. The first-order valence-electron chi connectivity index (χ1n) is 9.55. The van der Waals surface area contributed by atoms with E-state index in [9.17, 15) is 23.1 Å². The van der Waals surface area contributed by atoms with Crippen molar-refractivity contribution < 1.29 is 22.7 Å². The van der Waals surface area contributed by atoms with Crippen LogP contribution in [0.25, 0.3) is 22.2 Å². The van der Waals surface area contributed by atoms with Gasteiger partial charge in [0.05, 0.1) is 17.9 Å². The van der Waals surface area contributed by atoms with E-state index in [0.29, 0.717) is 27.8 Å². The first-order chi connectivity index (χ1) is 15.1. The van der Waals surface area contributed by atoms with Crippen molar-refractivity contribution in [3.05, 3.63) is 81.6 Å². The fourth-order valence-corrected chi connectivity index (χ4v) is 3.96. The van der Waals surface area contributed by atoms with Gasteiger partial charge >= 0.3 is 11.9 Å². The molecule has 0 radical (unpaired) electrons. The van der Waals surface area contributed by atoms with Crippen LogP contribution in [0.3, 0.4) is 0 Å². The molecule has 32 heavy (non-hydrogen) atoms. The number of halogens is 4. The molecule has 0 aliphatic carbocycles. The van der Waals surface area contributed by atoms with Crippen molar-refractivity contribution in [1.29, 1.82) is 0 Å². The van der Waals surface area contributed by atoms with Gasteiger partial charge in [-0.25, -0.2) is 4.79 Å². The molecule has 2 heterocycles. The topological polar surface area (TPSA) is 81.2 Å². The summed E-state index contributed by atoms with van der Waals surface area (Å²) in [6.07, 6.45) is -4.65. The van der Waals surface area contributed by atoms with E-state index in [2.05, 4.69) is 10.2 Å². The molecule has 0 aliphatic heterocycles. The molecule has 1 N–H and O–H groups in total. The zero-order valence-corrected chi connectivity index (χ0v) is 17.4. The van der Waals surface area contributed by atoms with Crippen LogP contribution in [0, 0.1) is 0 Å². The summed E-state index contributed by atoms with van der Waals surface area (Å²) in [7, 11) is 1.50. The molecule has 4 rings (SSSR count). The molecule has 0 saturated heterocycles. The minimum absolute atomic E-state index is 0.0874. The number of aryl methyl sites for hydroxylation is 1. The molecule has 0 aliphatic rings. The molecular weight excluding hydrogens is 447 g/mol. The first-order valence-corrected chi connectivity index (χ1v) is 9.92. The fourth-order valence-electron chi connectivity index (χ4n) is 3.64. The van der Waals surface area contributed by atoms with Crippen LogP contribution in [0.1, 0.15) is 17.0 Å². The minimum Gasteiger partial charge on any atom is -0.408 e. The van der Waals surface area contributed by atoms with Gasteiger partial charge in [0.1, 0.15) is 0 Å². The number of alkyl halides is 3. The molecule has 2 aromatic heterocycles. The number of rotatable bonds is 5. The summed E-state index contributed by atoms with van der Waals surface area (Å²) in [4.78, 5) is 11.7. The Morgan fingerprint density at radius 1 is 1.12 bits per heavy atom. The molecule has 0 bridgehead atoms. The van der Waals surface area contributed by atoms with Gasteiger partial charge in [0.15, 0.2) is 11.7 Å². The Morgan fingerprint density at radius 2 is 1.91 bits per heavy atom. The van der Waals surface area contributed by atoms with E-state index in [0.717, 1.165) is 0 Å². The average molecular weight is 464 g/mol. The first kappa shape index (κ1) is 22.0. The van der Waals surface area contributed by atoms with Crippen molar-refractivity contribution in [2.75, 3.05) is 0 Å². The van der Waals surface area contributed by atoms with Crippen LogP contribution in [0.2, 0.25) is 5.02 Å². The number of fused-ring (bicyclic) bond motifs is 1. The van der Waals surface area contributed by atoms with Crippen LogP contribution >= 0.6 is 11.6 Å². The van der Waals surface area contributed by atoms with Gasteiger partial charge in [0.25, 0.3) is 0 Å². The third-order valence-electron chi connectivity index (χ3n) is 5.35. The number of aliphatic hydroxyl groups excluding tert-OH is 1. The molecule has 2 unspecified atom stereocenters. The lowest BCUT2D eigenvalue weighted by molar-refractivity contribution is -0.210. The molecule has 10 heteroatoms. The second-order valence-corrected chi connectivity index (χ2v) is 7.80. The van der Waals surface area contributed by atoms with Gasteiger partial charge in [0, 0.05) is 23.6 Å². The molecule has 0 amide bonds. The van der Waals surface area contributed by atoms with Crippen LogP contribution in [-0.4, -0.2) is 32.2 Å². The monoisotopic (exact) mass is 463 g/mol. The summed E-state index contributed by atoms with van der Waals surface area (Å²) in [5.41, 5.74) is 2.77. The van der Waals surface area contributed by atoms with E-state index < -0.39 is 24.0 Å². The van der Waals surface area contributed by atoms with E-state index in [1.54, 1.807) is 24.3 Å². The number of nitrogens with zero attached hydrogens (tertiary/aromatic N) is 3. The standard InChI is InChI=1S/C22H17ClF3N3O3/c1-29-18-9-12(2-5-19(18)32-21(29)31)8-16(20(30)22(24,25)26)15-4-3-13(10-17(15)23)14-6-7-27-28-11-14/h2-7,9-11,16,20,30H,8H2,1H3. The van der Waals surface area contributed by atoms with Gasteiger partial charge < -0.3 is 9.52 Å². The predicted molar refractivity (Wildman–Crippen MR) is 112 cm³/mol. The quantitative estimate of drug-likeness (QED) is 0.471. The summed E-state index contributed by atoms with van der Waals surface area (Å²) in [6, 6.07) is 11.0. The number of oxazole rings is 1. The van der Waals surface area contributed by atoms with Crippen molar-refractivity contribution >= 4 is 22.7 Å². The van der Waals surface area contributed by atoms with Crippen LogP contribution in [0.15, 0.2) is 64.1 Å². The van der Waals surface area contributed by atoms with Crippen molar-refractivity contribution in [3.8, 4) is 11.1 Å². The lowest BCUT2D eigenvalue weighted by Crippen LogP contribution is -2.35. The fraction of sp³-hybridized carbons (Fsp3) is 0.227. The average Bonchev–Trinajstić information content (AvgIpc) is 3.05. The summed E-state index contributed by atoms with van der Waals surface area (Å²) >= 11 is 6.38. The van der Waals surface area contributed by atoms with E-state index >= 15 is 0 Å². The molecule has 166 valence electrons. The zero-order chi connectivity index (χ0) is 23.0. The maximum Gasteiger partial charge on any atom is 0.419 e. The van der Waals surface area contributed by atoms with E-state index in [-0.39, 0.29) is 17.0 Å².